The molecule has 1 aromatic carbocycles. The Labute approximate surface area is 121 Å². The number of nitrogens with zero attached hydrogens (tertiary/aromatic N) is 1. The highest BCUT2D eigenvalue weighted by Crippen LogP contribution is 2.24. The Morgan fingerprint density at radius 2 is 1.80 bits per heavy atom. The molecule has 0 aliphatic carbocycles. The fraction of sp³-hybridized carbons (Fsp3) is 0.400. The molecule has 20 heavy (non-hydrogen) atoms. The number of rotatable bonds is 7. The molecule has 0 saturated carbocycles. The van der Waals surface area contributed by atoms with E-state index in [0.717, 1.165) is 11.1 Å². The van der Waals surface area contributed by atoms with Gasteiger partial charge in [-0.3, -0.25) is 4.98 Å². The zero-order valence-corrected chi connectivity index (χ0v) is 13.4. The number of hydrogen-bond acceptors (Lipinski definition) is 4. The molecule has 0 spiro atoms. The minimum absolute atomic E-state index is 0.143. The van der Waals surface area contributed by atoms with Gasteiger partial charge in [-0.25, -0.2) is 0 Å². The third kappa shape index (κ3) is 3.64. The smallest absolute Gasteiger partial charge is 0.376 e. The molecule has 0 N–H and O–H groups in total. The van der Waals surface area contributed by atoms with Crippen LogP contribution in [0.2, 0.25) is 0 Å². The Balaban J connectivity index is 2.20. The Bertz CT molecular complexity index is 538. The first-order chi connectivity index (χ1) is 9.76. The van der Waals surface area contributed by atoms with Gasteiger partial charge in [-0.1, -0.05) is 24.3 Å². The van der Waals surface area contributed by atoms with Crippen molar-refractivity contribution in [3.05, 3.63) is 42.2 Å². The third-order valence-electron chi connectivity index (χ3n) is 3.01. The van der Waals surface area contributed by atoms with Crippen LogP contribution in [0.15, 0.2) is 36.5 Å². The highest BCUT2D eigenvalue weighted by atomic mass is 28.3. The average Bonchev–Trinajstić information content (AvgIpc) is 2.47. The molecule has 0 bridgehead atoms. The SMILES string of the molecule is CCO[SiH](OCC)OC(C)c1nccc2ccccc12. The third-order valence-corrected chi connectivity index (χ3v) is 4.85. The number of pyridine rings is 1. The molecule has 1 atom stereocenters. The number of aromatic nitrogens is 1. The van der Waals surface area contributed by atoms with Crippen molar-refractivity contribution < 1.29 is 13.3 Å². The van der Waals surface area contributed by atoms with Crippen molar-refractivity contribution in [2.24, 2.45) is 0 Å². The highest BCUT2D eigenvalue weighted by Gasteiger charge is 2.20. The van der Waals surface area contributed by atoms with E-state index in [-0.39, 0.29) is 6.10 Å². The summed E-state index contributed by atoms with van der Waals surface area (Å²) in [5.74, 6) is 0. The van der Waals surface area contributed by atoms with Crippen LogP contribution in [0.5, 0.6) is 0 Å². The summed E-state index contributed by atoms with van der Waals surface area (Å²) in [4.78, 5) is 4.47. The van der Waals surface area contributed by atoms with Gasteiger partial charge in [-0.15, -0.1) is 0 Å². The maximum Gasteiger partial charge on any atom is 0.484 e. The Hall–Kier alpha value is -1.27. The van der Waals surface area contributed by atoms with E-state index in [1.165, 1.54) is 5.39 Å². The minimum Gasteiger partial charge on any atom is -0.376 e. The molecule has 0 saturated heterocycles. The molecular formula is C15H21NO3Si. The molecule has 1 aromatic heterocycles. The molecule has 1 heterocycles. The maximum atomic E-state index is 5.96. The van der Waals surface area contributed by atoms with Crippen LogP contribution in [0.1, 0.15) is 32.6 Å². The first-order valence-electron chi connectivity index (χ1n) is 6.98. The fourth-order valence-corrected chi connectivity index (χ4v) is 3.36. The standard InChI is InChI=1S/C15H21NO3Si/c1-4-17-20(18-5-2)19-12(3)15-14-9-7-6-8-13(14)10-11-16-15/h6-12,20H,4-5H2,1-3H3. The molecule has 0 fully saturated rings. The quantitative estimate of drug-likeness (QED) is 0.735. The molecule has 2 aromatic rings. The average molecular weight is 291 g/mol. The van der Waals surface area contributed by atoms with Crippen LogP contribution in [0.3, 0.4) is 0 Å². The topological polar surface area (TPSA) is 40.6 Å². The summed E-state index contributed by atoms with van der Waals surface area (Å²) in [6, 6.07) is 10.2. The van der Waals surface area contributed by atoms with E-state index in [9.17, 15) is 0 Å². The van der Waals surface area contributed by atoms with Gasteiger partial charge in [-0.2, -0.15) is 0 Å². The van der Waals surface area contributed by atoms with E-state index in [4.69, 9.17) is 13.3 Å². The lowest BCUT2D eigenvalue weighted by atomic mass is 10.1. The summed E-state index contributed by atoms with van der Waals surface area (Å²) in [6.07, 6.45) is 1.67. The van der Waals surface area contributed by atoms with E-state index in [2.05, 4.69) is 17.1 Å². The molecule has 2 rings (SSSR count). The molecule has 0 aliphatic heterocycles. The Kier molecular flexibility index (Phi) is 5.67. The minimum atomic E-state index is -2.08. The van der Waals surface area contributed by atoms with Crippen molar-refractivity contribution in [2.45, 2.75) is 26.9 Å². The van der Waals surface area contributed by atoms with Crippen LogP contribution in [-0.4, -0.2) is 27.7 Å². The monoisotopic (exact) mass is 291 g/mol. The van der Waals surface area contributed by atoms with Crippen molar-refractivity contribution >= 4 is 20.3 Å². The van der Waals surface area contributed by atoms with Crippen LogP contribution >= 0.6 is 0 Å². The largest absolute Gasteiger partial charge is 0.484 e. The zero-order chi connectivity index (χ0) is 14.4. The molecule has 1 unspecified atom stereocenters. The van der Waals surface area contributed by atoms with Crippen molar-refractivity contribution in [3.63, 3.8) is 0 Å². The second kappa shape index (κ2) is 7.49. The molecule has 0 amide bonds. The van der Waals surface area contributed by atoms with Crippen LogP contribution in [0.25, 0.3) is 10.8 Å². The second-order valence-corrected chi connectivity index (χ2v) is 5.91. The van der Waals surface area contributed by atoms with Crippen molar-refractivity contribution in [1.82, 2.24) is 4.98 Å². The number of hydrogen-bond donors (Lipinski definition) is 0. The highest BCUT2D eigenvalue weighted by molar-refractivity contribution is 6.36. The number of fused-ring (bicyclic) bond motifs is 1. The predicted octanol–water partition coefficient (Wildman–Crippen LogP) is 3.10. The lowest BCUT2D eigenvalue weighted by molar-refractivity contribution is 0.0690. The van der Waals surface area contributed by atoms with E-state index >= 15 is 0 Å². The van der Waals surface area contributed by atoms with Crippen molar-refractivity contribution in [3.8, 4) is 0 Å². The zero-order valence-electron chi connectivity index (χ0n) is 12.2. The Morgan fingerprint density at radius 1 is 1.10 bits per heavy atom. The lowest BCUT2D eigenvalue weighted by Crippen LogP contribution is -2.28. The first kappa shape index (κ1) is 15.1. The van der Waals surface area contributed by atoms with Crippen LogP contribution in [-0.2, 0) is 13.3 Å². The predicted molar refractivity (Wildman–Crippen MR) is 81.6 cm³/mol. The van der Waals surface area contributed by atoms with Gasteiger partial charge in [0.25, 0.3) is 0 Å². The first-order valence-corrected chi connectivity index (χ1v) is 8.40. The van der Waals surface area contributed by atoms with E-state index in [1.807, 2.05) is 45.2 Å². The lowest BCUT2D eigenvalue weighted by Gasteiger charge is -2.20. The van der Waals surface area contributed by atoms with Gasteiger partial charge in [0, 0.05) is 24.8 Å². The Morgan fingerprint density at radius 3 is 2.50 bits per heavy atom. The summed E-state index contributed by atoms with van der Waals surface area (Å²) < 4.78 is 17.1. The van der Waals surface area contributed by atoms with Gasteiger partial charge in [-0.05, 0) is 32.2 Å². The van der Waals surface area contributed by atoms with Crippen molar-refractivity contribution in [2.75, 3.05) is 13.2 Å². The molecule has 4 nitrogen and oxygen atoms in total. The summed E-state index contributed by atoms with van der Waals surface area (Å²) >= 11 is 0. The van der Waals surface area contributed by atoms with E-state index in [1.54, 1.807) is 0 Å². The molecular weight excluding hydrogens is 270 g/mol. The molecule has 5 heteroatoms. The van der Waals surface area contributed by atoms with Crippen LogP contribution in [0, 0.1) is 0 Å². The summed E-state index contributed by atoms with van der Waals surface area (Å²) in [5, 5.41) is 2.28. The van der Waals surface area contributed by atoms with Gasteiger partial charge < -0.3 is 13.3 Å². The van der Waals surface area contributed by atoms with Gasteiger partial charge >= 0.3 is 9.53 Å². The number of benzene rings is 1. The van der Waals surface area contributed by atoms with Gasteiger partial charge in [0.1, 0.15) is 0 Å². The van der Waals surface area contributed by atoms with E-state index < -0.39 is 9.53 Å². The summed E-state index contributed by atoms with van der Waals surface area (Å²) in [7, 11) is -2.08. The van der Waals surface area contributed by atoms with Crippen LogP contribution < -0.4 is 0 Å². The summed E-state index contributed by atoms with van der Waals surface area (Å²) in [5.41, 5.74) is 0.931. The van der Waals surface area contributed by atoms with Gasteiger partial charge in [0.2, 0.25) is 0 Å². The molecule has 0 aliphatic rings. The summed E-state index contributed by atoms with van der Waals surface area (Å²) in [6.45, 7) is 7.10. The normalized spacial score (nSPS) is 13.0. The fourth-order valence-electron chi connectivity index (χ4n) is 2.10. The van der Waals surface area contributed by atoms with Crippen LogP contribution in [0.4, 0.5) is 0 Å². The van der Waals surface area contributed by atoms with Gasteiger partial charge in [0.05, 0.1) is 11.8 Å². The van der Waals surface area contributed by atoms with E-state index in [0.29, 0.717) is 13.2 Å². The molecule has 0 radical (unpaired) electrons. The second-order valence-electron chi connectivity index (χ2n) is 4.39. The molecule has 108 valence electrons. The van der Waals surface area contributed by atoms with Crippen molar-refractivity contribution in [1.29, 1.82) is 0 Å². The van der Waals surface area contributed by atoms with Gasteiger partial charge in [0.15, 0.2) is 0 Å². The maximum absolute atomic E-state index is 5.96.